The van der Waals surface area contributed by atoms with Crippen molar-refractivity contribution in [3.05, 3.63) is 71.9 Å². The maximum atomic E-state index is 12.5. The van der Waals surface area contributed by atoms with Crippen LogP contribution in [-0.4, -0.2) is 40.8 Å². The first-order valence-corrected chi connectivity index (χ1v) is 9.76. The number of likely N-dealkylation sites (N-methyl/N-ethyl adjacent to an activating group) is 1. The number of carbonyl (C=O) groups excluding carboxylic acids is 1. The molecule has 27 heavy (non-hydrogen) atoms. The molecular formula is C20H21N3O3S. The van der Waals surface area contributed by atoms with Gasteiger partial charge in [-0.3, -0.25) is 9.78 Å². The Balaban J connectivity index is 1.55. The lowest BCUT2D eigenvalue weighted by molar-refractivity contribution is 0.0785. The molecule has 1 aromatic carbocycles. The maximum Gasteiger partial charge on any atom is 0.275 e. The summed E-state index contributed by atoms with van der Waals surface area (Å²) >= 11 is 1.61. The van der Waals surface area contributed by atoms with E-state index in [1.54, 1.807) is 36.0 Å². The minimum atomic E-state index is -0.189. The average molecular weight is 383 g/mol. The standard InChI is InChI=1S/C20H21N3O3S/c1-23(12-10-15-7-5-6-11-21-15)20(24)17-13-16(26-22-17)14-25-18-8-3-4-9-19(18)27-2/h3-9,11,13H,10,12,14H2,1-2H3. The van der Waals surface area contributed by atoms with Gasteiger partial charge in [0.2, 0.25) is 0 Å². The molecule has 7 heteroatoms. The van der Waals surface area contributed by atoms with Gasteiger partial charge in [-0.15, -0.1) is 11.8 Å². The van der Waals surface area contributed by atoms with E-state index >= 15 is 0 Å². The summed E-state index contributed by atoms with van der Waals surface area (Å²) in [5.41, 5.74) is 1.22. The summed E-state index contributed by atoms with van der Waals surface area (Å²) in [4.78, 5) is 19.4. The minimum Gasteiger partial charge on any atom is -0.484 e. The summed E-state index contributed by atoms with van der Waals surface area (Å²) < 4.78 is 11.0. The van der Waals surface area contributed by atoms with Crippen molar-refractivity contribution in [2.45, 2.75) is 17.9 Å². The van der Waals surface area contributed by atoms with Crippen LogP contribution in [0, 0.1) is 0 Å². The molecule has 2 heterocycles. The molecule has 0 aliphatic carbocycles. The molecule has 6 nitrogen and oxygen atoms in total. The number of hydrogen-bond acceptors (Lipinski definition) is 6. The first-order valence-electron chi connectivity index (χ1n) is 8.54. The van der Waals surface area contributed by atoms with E-state index in [0.29, 0.717) is 18.7 Å². The highest BCUT2D eigenvalue weighted by Gasteiger charge is 2.17. The molecule has 0 unspecified atom stereocenters. The molecule has 0 aliphatic rings. The fourth-order valence-corrected chi connectivity index (χ4v) is 3.04. The molecule has 0 saturated heterocycles. The number of pyridine rings is 1. The van der Waals surface area contributed by atoms with Gasteiger partial charge in [-0.1, -0.05) is 23.4 Å². The molecular weight excluding hydrogens is 362 g/mol. The Morgan fingerprint density at radius 3 is 2.81 bits per heavy atom. The number of ether oxygens (including phenoxy) is 1. The summed E-state index contributed by atoms with van der Waals surface area (Å²) in [5, 5.41) is 3.88. The molecule has 0 radical (unpaired) electrons. The molecule has 0 atom stereocenters. The molecule has 0 aliphatic heterocycles. The first kappa shape index (κ1) is 19.0. The average Bonchev–Trinajstić information content (AvgIpc) is 3.20. The Labute approximate surface area is 162 Å². The lowest BCUT2D eigenvalue weighted by Crippen LogP contribution is -2.29. The largest absolute Gasteiger partial charge is 0.484 e. The van der Waals surface area contributed by atoms with Crippen molar-refractivity contribution < 1.29 is 14.1 Å². The van der Waals surface area contributed by atoms with Gasteiger partial charge in [0.05, 0.1) is 0 Å². The highest BCUT2D eigenvalue weighted by Crippen LogP contribution is 2.27. The second-order valence-corrected chi connectivity index (χ2v) is 6.76. The van der Waals surface area contributed by atoms with E-state index in [1.165, 1.54) is 0 Å². The SMILES string of the molecule is CSc1ccccc1OCc1cc(C(=O)N(C)CCc2ccccn2)no1. The number of thioether (sulfide) groups is 1. The molecule has 0 spiro atoms. The van der Waals surface area contributed by atoms with Crippen LogP contribution >= 0.6 is 11.8 Å². The van der Waals surface area contributed by atoms with Gasteiger partial charge in [-0.05, 0) is 30.5 Å². The second-order valence-electron chi connectivity index (χ2n) is 5.92. The van der Waals surface area contributed by atoms with Crippen molar-refractivity contribution in [3.8, 4) is 5.75 Å². The number of benzene rings is 1. The predicted molar refractivity (Wildman–Crippen MR) is 104 cm³/mol. The molecule has 3 aromatic rings. The summed E-state index contributed by atoms with van der Waals surface area (Å²) in [6.45, 7) is 0.769. The Hall–Kier alpha value is -2.80. The van der Waals surface area contributed by atoms with Crippen LogP contribution in [0.3, 0.4) is 0 Å². The third-order valence-corrected chi connectivity index (χ3v) is 4.77. The fourth-order valence-electron chi connectivity index (χ4n) is 2.49. The number of amides is 1. The number of rotatable bonds is 8. The van der Waals surface area contributed by atoms with Crippen molar-refractivity contribution in [3.63, 3.8) is 0 Å². The molecule has 140 valence electrons. The Kier molecular flexibility index (Phi) is 6.49. The van der Waals surface area contributed by atoms with Gasteiger partial charge in [0.15, 0.2) is 11.5 Å². The zero-order chi connectivity index (χ0) is 19.1. The van der Waals surface area contributed by atoms with Crippen LogP contribution in [0.1, 0.15) is 21.9 Å². The summed E-state index contributed by atoms with van der Waals surface area (Å²) in [7, 11) is 1.74. The summed E-state index contributed by atoms with van der Waals surface area (Å²) in [5.74, 6) is 1.10. The van der Waals surface area contributed by atoms with Crippen molar-refractivity contribution >= 4 is 17.7 Å². The van der Waals surface area contributed by atoms with E-state index in [2.05, 4.69) is 10.1 Å². The number of carbonyl (C=O) groups is 1. The van der Waals surface area contributed by atoms with E-state index in [1.807, 2.05) is 48.7 Å². The van der Waals surface area contributed by atoms with Crippen LogP contribution in [0.15, 0.2) is 64.1 Å². The number of para-hydroxylation sites is 1. The van der Waals surface area contributed by atoms with Crippen molar-refractivity contribution in [1.29, 1.82) is 0 Å². The molecule has 0 bridgehead atoms. The highest BCUT2D eigenvalue weighted by molar-refractivity contribution is 7.98. The lowest BCUT2D eigenvalue weighted by Gasteiger charge is -2.14. The Morgan fingerprint density at radius 2 is 2.04 bits per heavy atom. The molecule has 0 N–H and O–H groups in total. The molecule has 1 amide bonds. The van der Waals surface area contributed by atoms with Crippen LogP contribution in [0.25, 0.3) is 0 Å². The van der Waals surface area contributed by atoms with Crippen molar-refractivity contribution in [2.24, 2.45) is 0 Å². The van der Waals surface area contributed by atoms with Crippen LogP contribution < -0.4 is 4.74 Å². The van der Waals surface area contributed by atoms with Crippen LogP contribution in [0.5, 0.6) is 5.75 Å². The number of hydrogen-bond donors (Lipinski definition) is 0. The zero-order valence-corrected chi connectivity index (χ0v) is 16.1. The monoisotopic (exact) mass is 383 g/mol. The fraction of sp³-hybridized carbons (Fsp3) is 0.250. The third kappa shape index (κ3) is 5.10. The van der Waals surface area contributed by atoms with Gasteiger partial charge in [0, 0.05) is 42.9 Å². The van der Waals surface area contributed by atoms with E-state index in [0.717, 1.165) is 16.3 Å². The maximum absolute atomic E-state index is 12.5. The zero-order valence-electron chi connectivity index (χ0n) is 15.3. The van der Waals surface area contributed by atoms with E-state index in [-0.39, 0.29) is 18.2 Å². The van der Waals surface area contributed by atoms with Crippen LogP contribution in [0.2, 0.25) is 0 Å². The normalized spacial score (nSPS) is 10.6. The highest BCUT2D eigenvalue weighted by atomic mass is 32.2. The molecule has 0 saturated carbocycles. The quantitative estimate of drug-likeness (QED) is 0.553. The van der Waals surface area contributed by atoms with Gasteiger partial charge < -0.3 is 14.2 Å². The topological polar surface area (TPSA) is 68.5 Å². The summed E-state index contributed by atoms with van der Waals surface area (Å²) in [6, 6.07) is 15.1. The van der Waals surface area contributed by atoms with E-state index in [4.69, 9.17) is 9.26 Å². The molecule has 2 aromatic heterocycles. The summed E-state index contributed by atoms with van der Waals surface area (Å²) in [6.07, 6.45) is 4.42. The third-order valence-electron chi connectivity index (χ3n) is 3.99. The van der Waals surface area contributed by atoms with E-state index < -0.39 is 0 Å². The lowest BCUT2D eigenvalue weighted by atomic mass is 10.2. The Morgan fingerprint density at radius 1 is 1.22 bits per heavy atom. The van der Waals surface area contributed by atoms with Crippen LogP contribution in [-0.2, 0) is 13.0 Å². The predicted octanol–water partition coefficient (Wildman–Crippen LogP) is 3.69. The molecule has 0 fully saturated rings. The van der Waals surface area contributed by atoms with Crippen LogP contribution in [0.4, 0.5) is 0 Å². The van der Waals surface area contributed by atoms with Gasteiger partial charge in [-0.25, -0.2) is 0 Å². The minimum absolute atomic E-state index is 0.189. The van der Waals surface area contributed by atoms with Gasteiger partial charge in [0.1, 0.15) is 12.4 Å². The first-order chi connectivity index (χ1) is 13.2. The van der Waals surface area contributed by atoms with E-state index in [9.17, 15) is 4.79 Å². The van der Waals surface area contributed by atoms with Gasteiger partial charge in [-0.2, -0.15) is 0 Å². The van der Waals surface area contributed by atoms with Gasteiger partial charge in [0.25, 0.3) is 5.91 Å². The number of aromatic nitrogens is 2. The smallest absolute Gasteiger partial charge is 0.275 e. The van der Waals surface area contributed by atoms with Crippen molar-refractivity contribution in [2.75, 3.05) is 19.8 Å². The van der Waals surface area contributed by atoms with Crippen molar-refractivity contribution in [1.82, 2.24) is 15.0 Å². The Bertz CT molecular complexity index is 883. The second kappa shape index (κ2) is 9.23. The number of nitrogens with zero attached hydrogens (tertiary/aromatic N) is 3. The molecule has 3 rings (SSSR count). The van der Waals surface area contributed by atoms with Gasteiger partial charge >= 0.3 is 0 Å².